The maximum atomic E-state index is 12.7. The standard InChI is InChI=1S/C21H24F2N2O3/c1-25(2)17(15-8-5-4-6-9-15)14-24-19(26)13-12-16-10-7-11-18(27-3)20(16)28-21(22)23/h4-13,17,21H,14H2,1-3H3,(H,24,26)/b13-12+. The van der Waals surface area contributed by atoms with Crippen LogP contribution in [0.4, 0.5) is 8.78 Å². The lowest BCUT2D eigenvalue weighted by Gasteiger charge is -2.24. The van der Waals surface area contributed by atoms with Crippen LogP contribution < -0.4 is 14.8 Å². The van der Waals surface area contributed by atoms with Crippen molar-refractivity contribution in [1.82, 2.24) is 10.2 Å². The maximum absolute atomic E-state index is 12.7. The lowest BCUT2D eigenvalue weighted by atomic mass is 10.1. The molecule has 2 aromatic carbocycles. The number of ether oxygens (including phenoxy) is 2. The Balaban J connectivity index is 2.07. The van der Waals surface area contributed by atoms with E-state index in [1.165, 1.54) is 25.3 Å². The van der Waals surface area contributed by atoms with Crippen LogP contribution in [0.3, 0.4) is 0 Å². The third kappa shape index (κ3) is 6.06. The van der Waals surface area contributed by atoms with Crippen LogP contribution in [0.15, 0.2) is 54.6 Å². The number of carbonyl (C=O) groups is 1. The number of rotatable bonds is 9. The Labute approximate surface area is 163 Å². The first-order valence-corrected chi connectivity index (χ1v) is 8.71. The van der Waals surface area contributed by atoms with E-state index in [0.29, 0.717) is 12.1 Å². The number of methoxy groups -OCH3 is 1. The van der Waals surface area contributed by atoms with E-state index in [1.807, 2.05) is 49.3 Å². The number of likely N-dealkylation sites (N-methyl/N-ethyl adjacent to an activating group) is 1. The van der Waals surface area contributed by atoms with Gasteiger partial charge < -0.3 is 19.7 Å². The summed E-state index contributed by atoms with van der Waals surface area (Å²) in [5, 5.41) is 2.83. The lowest BCUT2D eigenvalue weighted by molar-refractivity contribution is -0.116. The van der Waals surface area contributed by atoms with Gasteiger partial charge in [0, 0.05) is 18.2 Å². The van der Waals surface area contributed by atoms with Gasteiger partial charge in [-0.25, -0.2) is 0 Å². The van der Waals surface area contributed by atoms with Gasteiger partial charge in [0.2, 0.25) is 5.91 Å². The Morgan fingerprint density at radius 1 is 1.14 bits per heavy atom. The van der Waals surface area contributed by atoms with Crippen LogP contribution in [0.25, 0.3) is 6.08 Å². The first-order chi connectivity index (χ1) is 13.4. The number of hydrogen-bond acceptors (Lipinski definition) is 4. The molecule has 0 fully saturated rings. The minimum Gasteiger partial charge on any atom is -0.493 e. The van der Waals surface area contributed by atoms with Crippen LogP contribution in [0.2, 0.25) is 0 Å². The van der Waals surface area contributed by atoms with Gasteiger partial charge in [-0.1, -0.05) is 42.5 Å². The highest BCUT2D eigenvalue weighted by Gasteiger charge is 2.15. The van der Waals surface area contributed by atoms with Crippen molar-refractivity contribution in [1.29, 1.82) is 0 Å². The number of benzene rings is 2. The van der Waals surface area contributed by atoms with E-state index in [-0.39, 0.29) is 23.4 Å². The molecule has 0 aliphatic carbocycles. The summed E-state index contributed by atoms with van der Waals surface area (Å²) in [4.78, 5) is 14.2. The summed E-state index contributed by atoms with van der Waals surface area (Å²) < 4.78 is 34.9. The van der Waals surface area contributed by atoms with E-state index in [1.54, 1.807) is 12.1 Å². The Morgan fingerprint density at radius 2 is 1.86 bits per heavy atom. The monoisotopic (exact) mass is 390 g/mol. The van der Waals surface area contributed by atoms with Crippen molar-refractivity contribution in [2.75, 3.05) is 27.7 Å². The SMILES string of the molecule is COc1cccc(/C=C/C(=O)NCC(c2ccccc2)N(C)C)c1OC(F)F. The summed E-state index contributed by atoms with van der Waals surface area (Å²) >= 11 is 0. The Bertz CT molecular complexity index is 795. The molecule has 1 atom stereocenters. The second kappa shape index (κ2) is 10.4. The molecule has 0 aliphatic rings. The predicted octanol–water partition coefficient (Wildman–Crippen LogP) is 3.73. The Hall–Kier alpha value is -2.93. The fraction of sp³-hybridized carbons (Fsp3) is 0.286. The fourth-order valence-electron chi connectivity index (χ4n) is 2.74. The van der Waals surface area contributed by atoms with Crippen molar-refractivity contribution in [3.8, 4) is 11.5 Å². The number of carbonyl (C=O) groups excluding carboxylic acids is 1. The minimum absolute atomic E-state index is 0.00750. The number of halogens is 2. The number of nitrogens with zero attached hydrogens (tertiary/aromatic N) is 1. The van der Waals surface area contributed by atoms with Gasteiger partial charge in [0.1, 0.15) is 0 Å². The number of alkyl halides is 2. The largest absolute Gasteiger partial charge is 0.493 e. The molecule has 0 saturated carbocycles. The van der Waals surface area contributed by atoms with Crippen molar-refractivity contribution in [3.63, 3.8) is 0 Å². The molecule has 0 aromatic heterocycles. The molecule has 1 amide bonds. The molecule has 1 N–H and O–H groups in total. The van der Waals surface area contributed by atoms with Gasteiger partial charge >= 0.3 is 6.61 Å². The van der Waals surface area contributed by atoms with Crippen molar-refractivity contribution in [2.45, 2.75) is 12.7 Å². The zero-order chi connectivity index (χ0) is 20.5. The fourth-order valence-corrected chi connectivity index (χ4v) is 2.74. The smallest absolute Gasteiger partial charge is 0.387 e. The van der Waals surface area contributed by atoms with Crippen LogP contribution in [-0.4, -0.2) is 45.2 Å². The molecule has 2 rings (SSSR count). The summed E-state index contributed by atoms with van der Waals surface area (Å²) in [5.41, 5.74) is 1.40. The summed E-state index contributed by atoms with van der Waals surface area (Å²) in [6.07, 6.45) is 2.70. The first-order valence-electron chi connectivity index (χ1n) is 8.71. The minimum atomic E-state index is -3.00. The van der Waals surface area contributed by atoms with Gasteiger partial charge in [-0.15, -0.1) is 0 Å². The average Bonchev–Trinajstić information content (AvgIpc) is 2.67. The highest BCUT2D eigenvalue weighted by molar-refractivity contribution is 5.92. The first kappa shape index (κ1) is 21.4. The molecule has 0 bridgehead atoms. The number of hydrogen-bond donors (Lipinski definition) is 1. The zero-order valence-corrected chi connectivity index (χ0v) is 16.1. The summed E-state index contributed by atoms with van der Waals surface area (Å²) in [7, 11) is 5.23. The van der Waals surface area contributed by atoms with E-state index >= 15 is 0 Å². The van der Waals surface area contributed by atoms with E-state index in [0.717, 1.165) is 5.56 Å². The molecular weight excluding hydrogens is 366 g/mol. The predicted molar refractivity (Wildman–Crippen MR) is 105 cm³/mol. The quantitative estimate of drug-likeness (QED) is 0.663. The third-order valence-corrected chi connectivity index (χ3v) is 4.13. The molecule has 7 heteroatoms. The van der Waals surface area contributed by atoms with Gasteiger partial charge in [-0.2, -0.15) is 8.78 Å². The van der Waals surface area contributed by atoms with Crippen molar-refractivity contribution >= 4 is 12.0 Å². The summed E-state index contributed by atoms with van der Waals surface area (Å²) in [6.45, 7) is -2.59. The summed E-state index contributed by atoms with van der Waals surface area (Å²) in [6, 6.07) is 14.5. The average molecular weight is 390 g/mol. The highest BCUT2D eigenvalue weighted by atomic mass is 19.3. The molecule has 28 heavy (non-hydrogen) atoms. The molecule has 0 spiro atoms. The Morgan fingerprint density at radius 3 is 2.46 bits per heavy atom. The molecule has 1 unspecified atom stereocenters. The van der Waals surface area contributed by atoms with E-state index in [9.17, 15) is 13.6 Å². The number of amides is 1. The van der Waals surface area contributed by atoms with Gasteiger partial charge in [0.05, 0.1) is 13.2 Å². The number of para-hydroxylation sites is 1. The van der Waals surface area contributed by atoms with Gasteiger partial charge in [0.15, 0.2) is 11.5 Å². The second-order valence-electron chi connectivity index (χ2n) is 6.23. The Kier molecular flexibility index (Phi) is 7.95. The molecule has 0 radical (unpaired) electrons. The molecule has 5 nitrogen and oxygen atoms in total. The molecule has 150 valence electrons. The highest BCUT2D eigenvalue weighted by Crippen LogP contribution is 2.33. The van der Waals surface area contributed by atoms with Crippen LogP contribution in [0.1, 0.15) is 17.2 Å². The van der Waals surface area contributed by atoms with Crippen LogP contribution in [0.5, 0.6) is 11.5 Å². The van der Waals surface area contributed by atoms with Crippen molar-refractivity contribution in [2.24, 2.45) is 0 Å². The summed E-state index contributed by atoms with van der Waals surface area (Å²) in [5.74, 6) is -0.285. The van der Waals surface area contributed by atoms with Crippen LogP contribution >= 0.6 is 0 Å². The number of nitrogens with one attached hydrogen (secondary N) is 1. The van der Waals surface area contributed by atoms with Gasteiger partial charge in [-0.3, -0.25) is 4.79 Å². The van der Waals surface area contributed by atoms with Crippen LogP contribution in [0, 0.1) is 0 Å². The van der Waals surface area contributed by atoms with Crippen LogP contribution in [-0.2, 0) is 4.79 Å². The van der Waals surface area contributed by atoms with E-state index in [2.05, 4.69) is 10.1 Å². The van der Waals surface area contributed by atoms with Gasteiger partial charge in [0.25, 0.3) is 0 Å². The van der Waals surface area contributed by atoms with E-state index < -0.39 is 6.61 Å². The molecular formula is C21H24F2N2O3. The zero-order valence-electron chi connectivity index (χ0n) is 16.1. The van der Waals surface area contributed by atoms with E-state index in [4.69, 9.17) is 4.74 Å². The lowest BCUT2D eigenvalue weighted by Crippen LogP contribution is -2.33. The van der Waals surface area contributed by atoms with Crippen molar-refractivity contribution in [3.05, 3.63) is 65.7 Å². The van der Waals surface area contributed by atoms with Crippen molar-refractivity contribution < 1.29 is 23.0 Å². The molecule has 0 heterocycles. The molecule has 0 saturated heterocycles. The van der Waals surface area contributed by atoms with Gasteiger partial charge in [-0.05, 0) is 31.8 Å². The normalized spacial score (nSPS) is 12.4. The third-order valence-electron chi connectivity index (χ3n) is 4.13. The second-order valence-corrected chi connectivity index (χ2v) is 6.23. The maximum Gasteiger partial charge on any atom is 0.387 e. The molecule has 2 aromatic rings. The topological polar surface area (TPSA) is 50.8 Å². The molecule has 0 aliphatic heterocycles.